The molecule has 2 heterocycles. The van der Waals surface area contributed by atoms with E-state index in [9.17, 15) is 19.1 Å². The van der Waals surface area contributed by atoms with Crippen molar-refractivity contribution >= 4 is 23.3 Å². The third-order valence-corrected chi connectivity index (χ3v) is 5.88. The lowest BCUT2D eigenvalue weighted by atomic mass is 9.95. The topological polar surface area (TPSA) is 102 Å². The van der Waals surface area contributed by atoms with Crippen LogP contribution in [0, 0.1) is 18.7 Å². The highest BCUT2D eigenvalue weighted by atomic mass is 19.1. The fraction of sp³-hybridized carbons (Fsp3) is 0.296. The van der Waals surface area contributed by atoms with Gasteiger partial charge in [-0.1, -0.05) is 25.1 Å². The van der Waals surface area contributed by atoms with E-state index in [0.717, 1.165) is 18.6 Å². The van der Waals surface area contributed by atoms with Crippen molar-refractivity contribution in [2.24, 2.45) is 5.92 Å². The predicted octanol–water partition coefficient (Wildman–Crippen LogP) is 5.18. The molecule has 1 amide bonds. The molecule has 1 saturated heterocycles. The summed E-state index contributed by atoms with van der Waals surface area (Å²) in [7, 11) is 1.49. The van der Waals surface area contributed by atoms with Crippen LogP contribution in [0.25, 0.3) is 5.76 Å². The van der Waals surface area contributed by atoms with Gasteiger partial charge in [-0.25, -0.2) is 4.39 Å². The molecule has 8 nitrogen and oxygen atoms in total. The molecule has 188 valence electrons. The van der Waals surface area contributed by atoms with Gasteiger partial charge in [0.15, 0.2) is 17.3 Å². The van der Waals surface area contributed by atoms with Crippen molar-refractivity contribution in [1.29, 1.82) is 0 Å². The number of ketones is 1. The number of rotatable bonds is 8. The predicted molar refractivity (Wildman–Crippen MR) is 130 cm³/mol. The molecule has 1 fully saturated rings. The minimum Gasteiger partial charge on any atom is -0.507 e. The Labute approximate surface area is 207 Å². The first-order chi connectivity index (χ1) is 17.2. The summed E-state index contributed by atoms with van der Waals surface area (Å²) in [5.74, 6) is -0.782. The van der Waals surface area contributed by atoms with E-state index in [1.54, 1.807) is 25.1 Å². The van der Waals surface area contributed by atoms with Crippen molar-refractivity contribution in [3.63, 3.8) is 0 Å². The summed E-state index contributed by atoms with van der Waals surface area (Å²) in [4.78, 5) is 27.5. The molecule has 9 heteroatoms. The average Bonchev–Trinajstić information content (AvgIpc) is 3.39. The van der Waals surface area contributed by atoms with E-state index < -0.39 is 29.3 Å². The van der Waals surface area contributed by atoms with Crippen LogP contribution < -0.4 is 14.4 Å². The molecule has 1 aliphatic heterocycles. The van der Waals surface area contributed by atoms with Crippen molar-refractivity contribution in [3.8, 4) is 11.5 Å². The number of carbonyl (C=O) groups is 2. The summed E-state index contributed by atoms with van der Waals surface area (Å²) in [5.41, 5.74) is 0.505. The number of hydrogen-bond donors (Lipinski definition) is 1. The first-order valence-corrected chi connectivity index (χ1v) is 11.5. The third kappa shape index (κ3) is 4.82. The molecule has 3 aromatic rings. The van der Waals surface area contributed by atoms with Gasteiger partial charge in [-0.15, -0.1) is 0 Å². The Bertz CT molecular complexity index is 1310. The molecule has 2 aromatic carbocycles. The summed E-state index contributed by atoms with van der Waals surface area (Å²) in [5, 5.41) is 15.0. The Morgan fingerprint density at radius 1 is 1.14 bits per heavy atom. The van der Waals surface area contributed by atoms with Crippen molar-refractivity contribution in [2.45, 2.75) is 33.2 Å². The Hall–Kier alpha value is -4.14. The second kappa shape index (κ2) is 10.2. The van der Waals surface area contributed by atoms with Crippen LogP contribution in [0.4, 0.5) is 10.2 Å². The SMILES string of the molecule is COc1cc([C@@H]2C(=C(O)c3ccc(F)cc3)C(=O)C(=O)N2c2cc(C)on2)ccc1OCCC(C)C. The lowest BCUT2D eigenvalue weighted by molar-refractivity contribution is -0.132. The number of ether oxygens (including phenoxy) is 2. The van der Waals surface area contributed by atoms with E-state index in [-0.39, 0.29) is 17.0 Å². The molecule has 36 heavy (non-hydrogen) atoms. The van der Waals surface area contributed by atoms with Crippen LogP contribution in [0.1, 0.15) is 43.2 Å². The number of benzene rings is 2. The first kappa shape index (κ1) is 25.0. The van der Waals surface area contributed by atoms with Gasteiger partial charge in [-0.3, -0.25) is 14.5 Å². The molecule has 1 N–H and O–H groups in total. The second-order valence-corrected chi connectivity index (χ2v) is 8.91. The summed E-state index contributed by atoms with van der Waals surface area (Å²) in [6, 6.07) is 10.5. The lowest BCUT2D eigenvalue weighted by Crippen LogP contribution is -2.29. The van der Waals surface area contributed by atoms with Gasteiger partial charge < -0.3 is 19.1 Å². The Kier molecular flexibility index (Phi) is 7.10. The maximum atomic E-state index is 13.5. The van der Waals surface area contributed by atoms with E-state index >= 15 is 0 Å². The molecule has 0 radical (unpaired) electrons. The number of anilines is 1. The number of aryl methyl sites for hydroxylation is 1. The average molecular weight is 495 g/mol. The maximum absolute atomic E-state index is 13.5. The normalized spacial score (nSPS) is 17.2. The van der Waals surface area contributed by atoms with Crippen LogP contribution >= 0.6 is 0 Å². The zero-order valence-electron chi connectivity index (χ0n) is 20.4. The van der Waals surface area contributed by atoms with Gasteiger partial charge in [0.25, 0.3) is 5.78 Å². The molecule has 0 bridgehead atoms. The highest BCUT2D eigenvalue weighted by Crippen LogP contribution is 2.44. The van der Waals surface area contributed by atoms with Crippen LogP contribution in [-0.4, -0.2) is 35.7 Å². The molecule has 1 atom stereocenters. The molecule has 4 rings (SSSR count). The fourth-order valence-corrected chi connectivity index (χ4v) is 3.99. The van der Waals surface area contributed by atoms with E-state index in [2.05, 4.69) is 19.0 Å². The second-order valence-electron chi connectivity index (χ2n) is 8.91. The maximum Gasteiger partial charge on any atom is 0.301 e. The molecule has 0 spiro atoms. The fourth-order valence-electron chi connectivity index (χ4n) is 3.99. The number of aromatic nitrogens is 1. The van der Waals surface area contributed by atoms with Crippen molar-refractivity contribution < 1.29 is 33.1 Å². The van der Waals surface area contributed by atoms with Crippen LogP contribution in [0.5, 0.6) is 11.5 Å². The zero-order valence-corrected chi connectivity index (χ0v) is 20.4. The minimum absolute atomic E-state index is 0.119. The number of aliphatic hydroxyl groups is 1. The van der Waals surface area contributed by atoms with Crippen LogP contribution in [-0.2, 0) is 9.59 Å². The van der Waals surface area contributed by atoms with Gasteiger partial charge in [0.05, 0.1) is 25.3 Å². The Morgan fingerprint density at radius 2 is 1.86 bits per heavy atom. The van der Waals surface area contributed by atoms with Crippen LogP contribution in [0.2, 0.25) is 0 Å². The van der Waals surface area contributed by atoms with Crippen molar-refractivity contribution in [3.05, 3.63) is 76.8 Å². The summed E-state index contributed by atoms with van der Waals surface area (Å²) in [6.45, 7) is 6.35. The Balaban J connectivity index is 1.84. The number of carbonyl (C=O) groups excluding carboxylic acids is 2. The van der Waals surface area contributed by atoms with Crippen molar-refractivity contribution in [1.82, 2.24) is 5.16 Å². The van der Waals surface area contributed by atoms with Gasteiger partial charge in [0, 0.05) is 11.6 Å². The molecular weight excluding hydrogens is 467 g/mol. The first-order valence-electron chi connectivity index (χ1n) is 11.5. The smallest absolute Gasteiger partial charge is 0.301 e. The third-order valence-electron chi connectivity index (χ3n) is 5.88. The van der Waals surface area contributed by atoms with E-state index in [0.29, 0.717) is 35.3 Å². The monoisotopic (exact) mass is 494 g/mol. The minimum atomic E-state index is -1.04. The number of aliphatic hydroxyl groups excluding tert-OH is 1. The van der Waals surface area contributed by atoms with E-state index in [1.165, 1.54) is 30.2 Å². The van der Waals surface area contributed by atoms with E-state index in [1.807, 2.05) is 0 Å². The van der Waals surface area contributed by atoms with Crippen molar-refractivity contribution in [2.75, 3.05) is 18.6 Å². The standard InChI is InChI=1S/C27H27FN2O6/c1-15(2)11-12-35-20-10-7-18(14-21(20)34-4)24-23(25(31)17-5-8-19(28)9-6-17)26(32)27(33)30(24)22-13-16(3)36-29-22/h5-10,13-15,24,31H,11-12H2,1-4H3/t24-/m1/s1. The van der Waals surface area contributed by atoms with Crippen LogP contribution in [0.3, 0.4) is 0 Å². The Morgan fingerprint density at radius 3 is 2.47 bits per heavy atom. The number of nitrogens with zero attached hydrogens (tertiary/aromatic N) is 2. The van der Waals surface area contributed by atoms with Gasteiger partial charge in [0.2, 0.25) is 0 Å². The molecule has 1 aromatic heterocycles. The molecule has 0 saturated carbocycles. The number of amides is 1. The highest BCUT2D eigenvalue weighted by Gasteiger charge is 2.48. The highest BCUT2D eigenvalue weighted by molar-refractivity contribution is 6.51. The molecule has 1 aliphatic rings. The summed E-state index contributed by atoms with van der Waals surface area (Å²) < 4.78 is 30.0. The van der Waals surface area contributed by atoms with Crippen LogP contribution in [0.15, 0.2) is 58.6 Å². The van der Waals surface area contributed by atoms with E-state index in [4.69, 9.17) is 14.0 Å². The molecule has 0 unspecified atom stereocenters. The molecular formula is C27H27FN2O6. The lowest BCUT2D eigenvalue weighted by Gasteiger charge is -2.24. The molecule has 0 aliphatic carbocycles. The van der Waals surface area contributed by atoms with Gasteiger partial charge in [-0.2, -0.15) is 0 Å². The summed E-state index contributed by atoms with van der Waals surface area (Å²) in [6.07, 6.45) is 0.855. The summed E-state index contributed by atoms with van der Waals surface area (Å²) >= 11 is 0. The zero-order chi connectivity index (χ0) is 26.0. The number of hydrogen-bond acceptors (Lipinski definition) is 7. The number of methoxy groups -OCH3 is 1. The number of Topliss-reactive ketones (excluding diaryl/α,β-unsaturated/α-hetero) is 1. The van der Waals surface area contributed by atoms with Gasteiger partial charge in [0.1, 0.15) is 17.3 Å². The quantitative estimate of drug-likeness (QED) is 0.261. The van der Waals surface area contributed by atoms with Gasteiger partial charge in [-0.05, 0) is 61.2 Å². The largest absolute Gasteiger partial charge is 0.507 e. The number of halogens is 1. The van der Waals surface area contributed by atoms with Gasteiger partial charge >= 0.3 is 5.91 Å².